The number of hydrogen-bond acceptors (Lipinski definition) is 5. The Hall–Kier alpha value is -0.0300. The number of hydrogen-bond donors (Lipinski definition) is 4. The minimum Gasteiger partial charge on any atom is -0.387 e. The Morgan fingerprint density at radius 3 is 1.96 bits per heavy atom. The van der Waals surface area contributed by atoms with Gasteiger partial charge in [-0.15, -0.1) is 0 Å². The molecule has 3 unspecified atom stereocenters. The van der Waals surface area contributed by atoms with Gasteiger partial charge in [-0.1, -0.05) is 83.3 Å². The molecule has 0 radical (unpaired) electrons. The molecule has 6 N–H and O–H groups in total. The van der Waals surface area contributed by atoms with Gasteiger partial charge in [0, 0.05) is 0 Å². The van der Waals surface area contributed by atoms with E-state index in [1.165, 1.54) is 64.2 Å². The second-order valence-electron chi connectivity index (χ2n) is 6.51. The number of rotatable bonds is 17. The summed E-state index contributed by atoms with van der Waals surface area (Å²) in [6, 6.07) is -0.556. The maximum absolute atomic E-state index is 9.80. The summed E-state index contributed by atoms with van der Waals surface area (Å²) < 4.78 is 4.82. The van der Waals surface area contributed by atoms with Crippen LogP contribution >= 0.6 is 8.53 Å². The highest BCUT2D eigenvalue weighted by Gasteiger charge is 2.13. The summed E-state index contributed by atoms with van der Waals surface area (Å²) in [7, 11) is -1.90. The summed E-state index contributed by atoms with van der Waals surface area (Å²) in [5.41, 5.74) is 10.8. The molecule has 0 amide bonds. The monoisotopic (exact) mass is 362 g/mol. The molecule has 0 aliphatic rings. The van der Waals surface area contributed by atoms with Gasteiger partial charge in [-0.05, 0) is 12.8 Å². The first-order valence-corrected chi connectivity index (χ1v) is 10.8. The maximum Gasteiger partial charge on any atom is 0.250 e. The largest absolute Gasteiger partial charge is 0.387 e. The molecule has 5 nitrogen and oxygen atoms in total. The molecular formula is C18H39N2O3P. The van der Waals surface area contributed by atoms with Crippen LogP contribution in [0.15, 0.2) is 12.2 Å². The van der Waals surface area contributed by atoms with Crippen LogP contribution in [0.2, 0.25) is 0 Å². The predicted molar refractivity (Wildman–Crippen MR) is 103 cm³/mol. The van der Waals surface area contributed by atoms with Gasteiger partial charge in [0.1, 0.15) is 0 Å². The van der Waals surface area contributed by atoms with Crippen molar-refractivity contribution in [3.63, 3.8) is 0 Å². The van der Waals surface area contributed by atoms with Crippen molar-refractivity contribution in [3.05, 3.63) is 12.2 Å². The van der Waals surface area contributed by atoms with E-state index in [0.717, 1.165) is 12.8 Å². The molecule has 0 aromatic carbocycles. The average molecular weight is 362 g/mol. The first-order chi connectivity index (χ1) is 11.6. The molecule has 0 aliphatic carbocycles. The molecular weight excluding hydrogens is 323 g/mol. The molecule has 6 heteroatoms. The lowest BCUT2D eigenvalue weighted by atomic mass is 10.0. The highest BCUT2D eigenvalue weighted by atomic mass is 31.2. The molecule has 144 valence electrons. The number of unbranched alkanes of at least 4 members (excludes halogenated alkanes) is 11. The van der Waals surface area contributed by atoms with Crippen molar-refractivity contribution in [1.29, 1.82) is 0 Å². The topological polar surface area (TPSA) is 102 Å². The van der Waals surface area contributed by atoms with Gasteiger partial charge in [-0.25, -0.2) is 0 Å². The van der Waals surface area contributed by atoms with E-state index in [0.29, 0.717) is 0 Å². The molecule has 24 heavy (non-hydrogen) atoms. The number of allylic oxidation sites excluding steroid dienone is 1. The zero-order valence-electron chi connectivity index (χ0n) is 15.4. The lowest BCUT2D eigenvalue weighted by Crippen LogP contribution is -2.37. The molecule has 0 saturated heterocycles. The zero-order valence-corrected chi connectivity index (χ0v) is 16.3. The number of nitrogens with two attached hydrogens (primary N) is 2. The number of aliphatic hydroxyl groups is 1. The van der Waals surface area contributed by atoms with Crippen LogP contribution in [-0.2, 0) is 4.52 Å². The van der Waals surface area contributed by atoms with Crippen LogP contribution in [0.25, 0.3) is 0 Å². The molecule has 0 heterocycles. The summed E-state index contributed by atoms with van der Waals surface area (Å²) in [5.74, 6) is 0. The van der Waals surface area contributed by atoms with Crippen LogP contribution in [0, 0.1) is 0 Å². The van der Waals surface area contributed by atoms with Crippen LogP contribution in [0.5, 0.6) is 0 Å². The lowest BCUT2D eigenvalue weighted by molar-refractivity contribution is 0.153. The Kier molecular flexibility index (Phi) is 17.8. The normalized spacial score (nSPS) is 15.7. The Bertz CT molecular complexity index is 291. The van der Waals surface area contributed by atoms with Crippen molar-refractivity contribution in [3.8, 4) is 0 Å². The highest BCUT2D eigenvalue weighted by Crippen LogP contribution is 2.19. The second-order valence-corrected chi connectivity index (χ2v) is 7.37. The van der Waals surface area contributed by atoms with Crippen molar-refractivity contribution in [2.45, 2.75) is 96.1 Å². The van der Waals surface area contributed by atoms with Crippen LogP contribution in [0.3, 0.4) is 0 Å². The van der Waals surface area contributed by atoms with Gasteiger partial charge in [0.15, 0.2) is 0 Å². The highest BCUT2D eigenvalue weighted by molar-refractivity contribution is 7.43. The third-order valence-corrected chi connectivity index (χ3v) is 4.56. The predicted octanol–water partition coefficient (Wildman–Crippen LogP) is 4.13. The van der Waals surface area contributed by atoms with Crippen LogP contribution in [-0.4, -0.2) is 28.8 Å². The Balaban J connectivity index is 3.36. The molecule has 0 bridgehead atoms. The van der Waals surface area contributed by atoms with E-state index in [2.05, 4.69) is 6.92 Å². The fourth-order valence-corrected chi connectivity index (χ4v) is 2.89. The van der Waals surface area contributed by atoms with Crippen molar-refractivity contribution in [2.75, 3.05) is 6.61 Å². The standard InChI is InChI=1S/C18H39N2O3P/c1-2-3-4-5-6-7-8-9-10-11-12-13-14-15-18(21)17(19)16-23-24(20)22/h14-15,17-18,21-22H,2-13,16,19-20H2,1H3. The summed E-state index contributed by atoms with van der Waals surface area (Å²) in [5, 5.41) is 9.80. The lowest BCUT2D eigenvalue weighted by Gasteiger charge is -2.16. The fraction of sp³-hybridized carbons (Fsp3) is 0.889. The Labute approximate surface area is 149 Å². The van der Waals surface area contributed by atoms with E-state index in [4.69, 9.17) is 20.7 Å². The molecule has 0 fully saturated rings. The van der Waals surface area contributed by atoms with Gasteiger partial charge in [0.2, 0.25) is 8.53 Å². The van der Waals surface area contributed by atoms with E-state index in [1.54, 1.807) is 6.08 Å². The third-order valence-electron chi connectivity index (χ3n) is 4.15. The quantitative estimate of drug-likeness (QED) is 0.177. The second kappa shape index (κ2) is 17.8. The van der Waals surface area contributed by atoms with Crippen molar-refractivity contribution in [2.24, 2.45) is 11.2 Å². The van der Waals surface area contributed by atoms with Crippen molar-refractivity contribution >= 4 is 8.53 Å². The summed E-state index contributed by atoms with van der Waals surface area (Å²) in [4.78, 5) is 8.85. The Morgan fingerprint density at radius 1 is 0.958 bits per heavy atom. The molecule has 0 aromatic heterocycles. The summed E-state index contributed by atoms with van der Waals surface area (Å²) in [6.07, 6.45) is 18.6. The first-order valence-electron chi connectivity index (χ1n) is 9.54. The van der Waals surface area contributed by atoms with E-state index < -0.39 is 20.7 Å². The third kappa shape index (κ3) is 16.8. The molecule has 0 rings (SSSR count). The van der Waals surface area contributed by atoms with Gasteiger partial charge in [-0.2, -0.15) is 0 Å². The molecule has 3 atom stereocenters. The minimum atomic E-state index is -1.90. The fourth-order valence-electron chi connectivity index (χ4n) is 2.57. The van der Waals surface area contributed by atoms with E-state index in [-0.39, 0.29) is 6.61 Å². The first kappa shape index (κ1) is 24.0. The van der Waals surface area contributed by atoms with Crippen molar-refractivity contribution in [1.82, 2.24) is 0 Å². The van der Waals surface area contributed by atoms with Gasteiger partial charge in [0.25, 0.3) is 0 Å². The van der Waals surface area contributed by atoms with E-state index in [9.17, 15) is 5.11 Å². The van der Waals surface area contributed by atoms with Gasteiger partial charge in [0.05, 0.1) is 18.8 Å². The SMILES string of the molecule is CCCCCCCCCCCCCC=CC(O)C(N)COP(N)O. The van der Waals surface area contributed by atoms with Gasteiger partial charge >= 0.3 is 0 Å². The summed E-state index contributed by atoms with van der Waals surface area (Å²) >= 11 is 0. The van der Waals surface area contributed by atoms with Crippen LogP contribution in [0.1, 0.15) is 84.0 Å². The van der Waals surface area contributed by atoms with Gasteiger partial charge < -0.3 is 20.3 Å². The zero-order chi connectivity index (χ0) is 18.0. The smallest absolute Gasteiger partial charge is 0.250 e. The minimum absolute atomic E-state index is 0.0582. The Morgan fingerprint density at radius 2 is 1.46 bits per heavy atom. The van der Waals surface area contributed by atoms with Crippen LogP contribution < -0.4 is 11.2 Å². The molecule has 0 aromatic rings. The van der Waals surface area contributed by atoms with E-state index >= 15 is 0 Å². The molecule has 0 saturated carbocycles. The molecule has 0 aliphatic heterocycles. The van der Waals surface area contributed by atoms with Crippen molar-refractivity contribution < 1.29 is 14.5 Å². The molecule has 0 spiro atoms. The number of aliphatic hydroxyl groups excluding tert-OH is 1. The maximum atomic E-state index is 9.80. The van der Waals surface area contributed by atoms with Crippen LogP contribution in [0.4, 0.5) is 0 Å². The average Bonchev–Trinajstić information content (AvgIpc) is 2.56. The van der Waals surface area contributed by atoms with E-state index in [1.807, 2.05) is 6.08 Å². The van der Waals surface area contributed by atoms with Gasteiger partial charge in [-0.3, -0.25) is 5.50 Å². The summed E-state index contributed by atoms with van der Waals surface area (Å²) in [6.45, 7) is 2.31.